The first-order valence-corrected chi connectivity index (χ1v) is 13.7. The maximum absolute atomic E-state index is 13.6. The molecule has 0 spiro atoms. The zero-order valence-corrected chi connectivity index (χ0v) is 24.3. The number of ether oxygens (including phenoxy) is 1. The number of fused-ring (bicyclic) bond motifs is 1. The van der Waals surface area contributed by atoms with Gasteiger partial charge in [0.15, 0.2) is 0 Å². The maximum atomic E-state index is 13.6. The van der Waals surface area contributed by atoms with Crippen molar-refractivity contribution in [3.63, 3.8) is 0 Å². The van der Waals surface area contributed by atoms with E-state index in [-0.39, 0.29) is 17.7 Å². The molecule has 8 nitrogen and oxygen atoms in total. The molecule has 2 N–H and O–H groups in total. The first kappa shape index (κ1) is 31.5. The molecule has 1 aliphatic heterocycles. The molecule has 0 radical (unpaired) electrons. The number of nitrogens with one attached hydrogen (secondary N) is 2. The van der Waals surface area contributed by atoms with Crippen molar-refractivity contribution in [2.24, 2.45) is 0 Å². The van der Waals surface area contributed by atoms with Crippen molar-refractivity contribution in [1.29, 1.82) is 0 Å². The van der Waals surface area contributed by atoms with Crippen molar-refractivity contribution in [3.8, 4) is 0 Å². The topological polar surface area (TPSA) is 90.6 Å². The Morgan fingerprint density at radius 1 is 1.07 bits per heavy atom. The Morgan fingerprint density at radius 3 is 2.40 bits per heavy atom. The second-order valence-electron chi connectivity index (χ2n) is 10.4. The van der Waals surface area contributed by atoms with E-state index in [1.165, 1.54) is 19.2 Å². The fourth-order valence-corrected chi connectivity index (χ4v) is 4.57. The van der Waals surface area contributed by atoms with Crippen LogP contribution in [-0.4, -0.2) is 72.0 Å². The van der Waals surface area contributed by atoms with Crippen LogP contribution in [0.5, 0.6) is 0 Å². The molecular formula is C32H34F3N5O3. The molecule has 4 aromatic rings. The average molecular weight is 594 g/mol. The van der Waals surface area contributed by atoms with Crippen molar-refractivity contribution in [1.82, 2.24) is 19.8 Å². The zero-order valence-electron chi connectivity index (χ0n) is 24.3. The maximum Gasteiger partial charge on any atom is 0.416 e. The minimum absolute atomic E-state index is 0.00460. The van der Waals surface area contributed by atoms with Crippen LogP contribution in [0, 0.1) is 6.92 Å². The van der Waals surface area contributed by atoms with Gasteiger partial charge in [0.05, 0.1) is 12.7 Å². The molecule has 1 saturated heterocycles. The second kappa shape index (κ2) is 13.7. The third kappa shape index (κ3) is 8.30. The third-order valence-corrected chi connectivity index (χ3v) is 7.11. The highest BCUT2D eigenvalue weighted by atomic mass is 19.4. The van der Waals surface area contributed by atoms with Crippen LogP contribution < -0.4 is 5.32 Å². The van der Waals surface area contributed by atoms with Gasteiger partial charge >= 0.3 is 12.1 Å². The van der Waals surface area contributed by atoms with Crippen molar-refractivity contribution in [2.75, 3.05) is 45.7 Å². The van der Waals surface area contributed by atoms with E-state index in [4.69, 9.17) is 0 Å². The zero-order chi connectivity index (χ0) is 31.1. The number of amides is 1. The van der Waals surface area contributed by atoms with E-state index in [9.17, 15) is 22.8 Å². The molecule has 2 aromatic heterocycles. The standard InChI is InChI=1S/C21H24F3N3O.C11H10N2O2/c1-15-3-7-18(8-4-15)25-20(28)16-5-6-17(19(13-16)21(22,23)24)14-27-11-9-26(2)10-12-27;1-3-7-4-8-5-9(11(14)15-2)13-10(8)12-6-7/h3-8,13H,9-12,14H2,1-2H3,(H,25,28);3-6H,1H2,2H3,(H,12,13). The molecule has 226 valence electrons. The number of halogens is 3. The van der Waals surface area contributed by atoms with Crippen LogP contribution >= 0.6 is 0 Å². The highest BCUT2D eigenvalue weighted by Crippen LogP contribution is 2.33. The number of piperazine rings is 1. The normalized spacial score (nSPS) is 14.1. The molecule has 0 saturated carbocycles. The van der Waals surface area contributed by atoms with Crippen molar-refractivity contribution < 1.29 is 27.5 Å². The highest BCUT2D eigenvalue weighted by molar-refractivity contribution is 6.04. The number of methoxy groups -OCH3 is 1. The summed E-state index contributed by atoms with van der Waals surface area (Å²) >= 11 is 0. The van der Waals surface area contributed by atoms with E-state index in [0.717, 1.165) is 48.8 Å². The van der Waals surface area contributed by atoms with Crippen LogP contribution in [0.15, 0.2) is 67.4 Å². The van der Waals surface area contributed by atoms with Gasteiger partial charge in [0, 0.05) is 55.6 Å². The van der Waals surface area contributed by atoms with Gasteiger partial charge in [-0.05, 0) is 61.5 Å². The number of likely N-dealkylation sites (N-methyl/N-ethyl adjacent to an activating group) is 1. The quantitative estimate of drug-likeness (QED) is 0.267. The Kier molecular flexibility index (Phi) is 9.99. The van der Waals surface area contributed by atoms with Crippen molar-refractivity contribution >= 4 is 34.7 Å². The Balaban J connectivity index is 0.000000237. The summed E-state index contributed by atoms with van der Waals surface area (Å²) in [6.07, 6.45) is -1.12. The molecule has 5 rings (SSSR count). The molecule has 1 amide bonds. The minimum Gasteiger partial charge on any atom is -0.464 e. The van der Waals surface area contributed by atoms with E-state index in [1.54, 1.807) is 30.5 Å². The van der Waals surface area contributed by atoms with E-state index in [1.807, 2.05) is 37.1 Å². The van der Waals surface area contributed by atoms with Gasteiger partial charge in [0.25, 0.3) is 5.91 Å². The number of H-pyrrole nitrogens is 1. The number of pyridine rings is 1. The van der Waals surface area contributed by atoms with Crippen molar-refractivity contribution in [2.45, 2.75) is 19.6 Å². The number of rotatable bonds is 6. The molecule has 1 aliphatic rings. The first-order chi connectivity index (χ1) is 20.5. The Bertz CT molecular complexity index is 1590. The monoisotopic (exact) mass is 593 g/mol. The summed E-state index contributed by atoms with van der Waals surface area (Å²) < 4.78 is 45.5. The number of hydrogen-bond acceptors (Lipinski definition) is 6. The van der Waals surface area contributed by atoms with Crippen LogP contribution in [0.4, 0.5) is 18.9 Å². The molecule has 11 heteroatoms. The summed E-state index contributed by atoms with van der Waals surface area (Å²) in [6, 6.07) is 14.6. The second-order valence-corrected chi connectivity index (χ2v) is 10.4. The SMILES string of the molecule is C=Cc1cnc2[nH]c(C(=O)OC)cc2c1.Cc1ccc(NC(=O)c2ccc(CN3CCN(C)CC3)c(C(F)(F)F)c2)cc1. The van der Waals surface area contributed by atoms with E-state index in [2.05, 4.69) is 31.5 Å². The molecule has 0 unspecified atom stereocenters. The van der Waals surface area contributed by atoms with Crippen LogP contribution in [-0.2, 0) is 17.5 Å². The number of nitrogens with zero attached hydrogens (tertiary/aromatic N) is 3. The fraction of sp³-hybridized carbons (Fsp3) is 0.281. The number of carbonyl (C=O) groups is 2. The number of aromatic amines is 1. The predicted molar refractivity (Wildman–Crippen MR) is 161 cm³/mol. The van der Waals surface area contributed by atoms with Gasteiger partial charge in [-0.25, -0.2) is 9.78 Å². The molecule has 2 aromatic carbocycles. The van der Waals surface area contributed by atoms with Crippen LogP contribution in [0.1, 0.15) is 43.1 Å². The fourth-order valence-electron chi connectivity index (χ4n) is 4.57. The number of esters is 1. The van der Waals surface area contributed by atoms with Gasteiger partial charge in [-0.2, -0.15) is 13.2 Å². The number of hydrogen-bond donors (Lipinski definition) is 2. The van der Waals surface area contributed by atoms with Gasteiger partial charge in [-0.1, -0.05) is 36.4 Å². The van der Waals surface area contributed by atoms with Crippen LogP contribution in [0.3, 0.4) is 0 Å². The smallest absolute Gasteiger partial charge is 0.416 e. The number of aromatic nitrogens is 2. The summed E-state index contributed by atoms with van der Waals surface area (Å²) in [7, 11) is 3.34. The minimum atomic E-state index is -4.51. The molecule has 3 heterocycles. The van der Waals surface area contributed by atoms with Gasteiger partial charge < -0.3 is 19.9 Å². The lowest BCUT2D eigenvalue weighted by atomic mass is 10.0. The lowest BCUT2D eigenvalue weighted by Crippen LogP contribution is -2.44. The summed E-state index contributed by atoms with van der Waals surface area (Å²) in [5.41, 5.74) is 3.01. The van der Waals surface area contributed by atoms with E-state index < -0.39 is 23.6 Å². The van der Waals surface area contributed by atoms with Gasteiger partial charge in [0.2, 0.25) is 0 Å². The molecule has 0 atom stereocenters. The third-order valence-electron chi connectivity index (χ3n) is 7.11. The van der Waals surface area contributed by atoms with Gasteiger partial charge in [-0.15, -0.1) is 0 Å². The van der Waals surface area contributed by atoms with Crippen LogP contribution in [0.25, 0.3) is 17.1 Å². The number of benzene rings is 2. The van der Waals surface area contributed by atoms with Crippen LogP contribution in [0.2, 0.25) is 0 Å². The summed E-state index contributed by atoms with van der Waals surface area (Å²) in [5, 5.41) is 3.52. The summed E-state index contributed by atoms with van der Waals surface area (Å²) in [4.78, 5) is 34.9. The molecule has 0 aliphatic carbocycles. The number of aryl methyl sites for hydroxylation is 1. The molecule has 43 heavy (non-hydrogen) atoms. The molecule has 0 bridgehead atoms. The number of carbonyl (C=O) groups excluding carboxylic acids is 2. The first-order valence-electron chi connectivity index (χ1n) is 13.7. The number of anilines is 1. The van der Waals surface area contributed by atoms with Gasteiger partial charge in [0.1, 0.15) is 11.3 Å². The number of alkyl halides is 3. The predicted octanol–water partition coefficient (Wildman–Crippen LogP) is 6.01. The highest BCUT2D eigenvalue weighted by Gasteiger charge is 2.34. The van der Waals surface area contributed by atoms with Gasteiger partial charge in [-0.3, -0.25) is 9.69 Å². The Hall–Kier alpha value is -4.48. The Labute approximate surface area is 248 Å². The van der Waals surface area contributed by atoms with E-state index >= 15 is 0 Å². The molecule has 1 fully saturated rings. The summed E-state index contributed by atoms with van der Waals surface area (Å²) in [6.45, 7) is 8.91. The molecular weight excluding hydrogens is 559 g/mol. The Morgan fingerprint density at radius 2 is 1.77 bits per heavy atom. The average Bonchev–Trinajstić information content (AvgIpc) is 3.42. The lowest BCUT2D eigenvalue weighted by Gasteiger charge is -2.33. The lowest BCUT2D eigenvalue weighted by molar-refractivity contribution is -0.138. The van der Waals surface area contributed by atoms with E-state index in [0.29, 0.717) is 17.0 Å². The summed E-state index contributed by atoms with van der Waals surface area (Å²) in [5.74, 6) is -0.950. The largest absolute Gasteiger partial charge is 0.464 e. The van der Waals surface area contributed by atoms with Crippen molar-refractivity contribution in [3.05, 3.63) is 101 Å².